The van der Waals surface area contributed by atoms with Gasteiger partial charge in [-0.25, -0.2) is 17.7 Å². The number of likely N-dealkylation sites (tertiary alicyclic amines) is 1. The van der Waals surface area contributed by atoms with Crippen molar-refractivity contribution in [2.45, 2.75) is 37.1 Å². The Morgan fingerprint density at radius 2 is 1.83 bits per heavy atom. The standard InChI is InChI=1S/C25H31N5O4S/c1-28(2)35(33,34)20-9-10-22-21(16-20)27-23(29(22)3)11-12-24(31)26-17-18-7-6-8-19(15-18)25(32)30-13-4-5-14-30/h6-10,15-16H,4-5,11-14,17H2,1-3H3,(H,26,31). The molecule has 0 saturated carbocycles. The maximum Gasteiger partial charge on any atom is 0.253 e. The summed E-state index contributed by atoms with van der Waals surface area (Å²) >= 11 is 0. The summed E-state index contributed by atoms with van der Waals surface area (Å²) in [7, 11) is 1.28. The zero-order valence-electron chi connectivity index (χ0n) is 20.3. The Labute approximate surface area is 205 Å². The molecule has 0 bridgehead atoms. The van der Waals surface area contributed by atoms with Crippen LogP contribution >= 0.6 is 0 Å². The molecule has 1 aliphatic rings. The second-order valence-electron chi connectivity index (χ2n) is 9.00. The largest absolute Gasteiger partial charge is 0.352 e. The third kappa shape index (κ3) is 5.38. The van der Waals surface area contributed by atoms with E-state index in [1.165, 1.54) is 18.4 Å². The van der Waals surface area contributed by atoms with Crippen LogP contribution in [-0.4, -0.2) is 66.2 Å². The van der Waals surface area contributed by atoms with Crippen LogP contribution in [0.2, 0.25) is 0 Å². The van der Waals surface area contributed by atoms with Gasteiger partial charge in [0.25, 0.3) is 5.91 Å². The fourth-order valence-corrected chi connectivity index (χ4v) is 5.18. The summed E-state index contributed by atoms with van der Waals surface area (Å²) in [5.74, 6) is 0.621. The van der Waals surface area contributed by atoms with Crippen LogP contribution in [0.5, 0.6) is 0 Å². The van der Waals surface area contributed by atoms with Gasteiger partial charge in [0.05, 0.1) is 15.9 Å². The molecule has 0 unspecified atom stereocenters. The van der Waals surface area contributed by atoms with Crippen LogP contribution in [-0.2, 0) is 34.8 Å². The van der Waals surface area contributed by atoms with Crippen molar-refractivity contribution in [2.75, 3.05) is 27.2 Å². The highest BCUT2D eigenvalue weighted by Gasteiger charge is 2.20. The molecule has 2 aromatic carbocycles. The fraction of sp³-hybridized carbons (Fsp3) is 0.400. The summed E-state index contributed by atoms with van der Waals surface area (Å²) in [4.78, 5) is 31.7. The van der Waals surface area contributed by atoms with Gasteiger partial charge in [-0.3, -0.25) is 9.59 Å². The van der Waals surface area contributed by atoms with E-state index in [4.69, 9.17) is 0 Å². The molecule has 0 atom stereocenters. The highest BCUT2D eigenvalue weighted by molar-refractivity contribution is 7.89. The monoisotopic (exact) mass is 497 g/mol. The number of nitrogens with zero attached hydrogens (tertiary/aromatic N) is 4. The fourth-order valence-electron chi connectivity index (χ4n) is 4.26. The average Bonchev–Trinajstić information content (AvgIpc) is 3.49. The molecule has 2 heterocycles. The summed E-state index contributed by atoms with van der Waals surface area (Å²) in [5.41, 5.74) is 2.90. The van der Waals surface area contributed by atoms with Gasteiger partial charge in [-0.15, -0.1) is 0 Å². The van der Waals surface area contributed by atoms with Gasteiger partial charge in [0.2, 0.25) is 15.9 Å². The maximum atomic E-state index is 12.6. The lowest BCUT2D eigenvalue weighted by atomic mass is 10.1. The summed E-state index contributed by atoms with van der Waals surface area (Å²) in [6.45, 7) is 1.94. The lowest BCUT2D eigenvalue weighted by Gasteiger charge is -2.15. The van der Waals surface area contributed by atoms with Gasteiger partial charge < -0.3 is 14.8 Å². The Morgan fingerprint density at radius 1 is 1.09 bits per heavy atom. The Morgan fingerprint density at radius 3 is 2.54 bits per heavy atom. The van der Waals surface area contributed by atoms with Gasteiger partial charge in [-0.1, -0.05) is 12.1 Å². The van der Waals surface area contributed by atoms with Crippen LogP contribution in [0.25, 0.3) is 11.0 Å². The van der Waals surface area contributed by atoms with E-state index in [-0.39, 0.29) is 23.1 Å². The molecule has 0 spiro atoms. The molecule has 1 N–H and O–H groups in total. The van der Waals surface area contributed by atoms with Crippen molar-refractivity contribution in [2.24, 2.45) is 7.05 Å². The number of aryl methyl sites for hydroxylation is 2. The van der Waals surface area contributed by atoms with Crippen LogP contribution in [0.15, 0.2) is 47.4 Å². The number of sulfonamides is 1. The van der Waals surface area contributed by atoms with Crippen molar-refractivity contribution in [1.29, 1.82) is 0 Å². The minimum Gasteiger partial charge on any atom is -0.352 e. The van der Waals surface area contributed by atoms with Crippen molar-refractivity contribution < 1.29 is 18.0 Å². The SMILES string of the molecule is CN(C)S(=O)(=O)c1ccc2c(c1)nc(CCC(=O)NCc1cccc(C(=O)N3CCCC3)c1)n2C. The first-order valence-electron chi connectivity index (χ1n) is 11.7. The van der Waals surface area contributed by atoms with Crippen molar-refractivity contribution >= 4 is 32.9 Å². The first kappa shape index (κ1) is 24.9. The van der Waals surface area contributed by atoms with Gasteiger partial charge in [0, 0.05) is 59.2 Å². The van der Waals surface area contributed by atoms with E-state index in [0.717, 1.165) is 37.0 Å². The van der Waals surface area contributed by atoms with Gasteiger partial charge in [0.15, 0.2) is 0 Å². The van der Waals surface area contributed by atoms with E-state index in [1.54, 1.807) is 18.2 Å². The van der Waals surface area contributed by atoms with E-state index < -0.39 is 10.0 Å². The zero-order valence-corrected chi connectivity index (χ0v) is 21.1. The number of carbonyl (C=O) groups is 2. The molecule has 0 aliphatic carbocycles. The minimum atomic E-state index is -3.55. The normalized spacial score (nSPS) is 14.1. The molecule has 10 heteroatoms. The van der Waals surface area contributed by atoms with E-state index in [1.807, 2.05) is 40.8 Å². The van der Waals surface area contributed by atoms with Gasteiger partial charge >= 0.3 is 0 Å². The van der Waals surface area contributed by atoms with Crippen molar-refractivity contribution in [1.82, 2.24) is 24.1 Å². The topological polar surface area (TPSA) is 105 Å². The quantitative estimate of drug-likeness (QED) is 0.514. The van der Waals surface area contributed by atoms with Crippen LogP contribution in [0.3, 0.4) is 0 Å². The Bertz CT molecular complexity index is 1360. The second kappa shape index (κ2) is 10.2. The molecule has 1 aliphatic heterocycles. The number of carbonyl (C=O) groups excluding carboxylic acids is 2. The summed E-state index contributed by atoms with van der Waals surface area (Å²) < 4.78 is 27.9. The second-order valence-corrected chi connectivity index (χ2v) is 11.2. The Hall–Kier alpha value is -3.24. The molecular formula is C25H31N5O4S. The van der Waals surface area contributed by atoms with Gasteiger partial charge in [-0.05, 0) is 48.7 Å². The molecule has 4 rings (SSSR count). The predicted molar refractivity (Wildman–Crippen MR) is 133 cm³/mol. The Balaban J connectivity index is 1.36. The number of fused-ring (bicyclic) bond motifs is 1. The number of nitrogens with one attached hydrogen (secondary N) is 1. The van der Waals surface area contributed by atoms with Crippen molar-refractivity contribution in [3.05, 3.63) is 59.4 Å². The number of rotatable bonds is 8. The molecule has 186 valence electrons. The minimum absolute atomic E-state index is 0.0408. The first-order chi connectivity index (χ1) is 16.7. The van der Waals surface area contributed by atoms with Crippen molar-refractivity contribution in [3.63, 3.8) is 0 Å². The van der Waals surface area contributed by atoms with E-state index in [9.17, 15) is 18.0 Å². The summed E-state index contributed by atoms with van der Waals surface area (Å²) in [6.07, 6.45) is 2.75. The smallest absolute Gasteiger partial charge is 0.253 e. The molecule has 35 heavy (non-hydrogen) atoms. The molecule has 0 radical (unpaired) electrons. The first-order valence-corrected chi connectivity index (χ1v) is 13.1. The number of hydrogen-bond donors (Lipinski definition) is 1. The lowest BCUT2D eigenvalue weighted by Crippen LogP contribution is -2.28. The molecule has 1 aromatic heterocycles. The van der Waals surface area contributed by atoms with Crippen LogP contribution < -0.4 is 5.32 Å². The van der Waals surface area contributed by atoms with Crippen molar-refractivity contribution in [3.8, 4) is 0 Å². The predicted octanol–water partition coefficient (Wildman–Crippen LogP) is 2.31. The van der Waals surface area contributed by atoms with Crippen LogP contribution in [0.4, 0.5) is 0 Å². The number of aromatic nitrogens is 2. The highest BCUT2D eigenvalue weighted by atomic mass is 32.2. The molecule has 3 aromatic rings. The zero-order chi connectivity index (χ0) is 25.2. The number of hydrogen-bond acceptors (Lipinski definition) is 5. The Kier molecular flexibility index (Phi) is 7.23. The van der Waals surface area contributed by atoms with Crippen LogP contribution in [0.1, 0.15) is 41.0 Å². The van der Waals surface area contributed by atoms with Gasteiger partial charge in [-0.2, -0.15) is 0 Å². The number of amides is 2. The third-order valence-corrected chi connectivity index (χ3v) is 8.17. The molecule has 1 saturated heterocycles. The highest BCUT2D eigenvalue weighted by Crippen LogP contribution is 2.22. The molecule has 9 nitrogen and oxygen atoms in total. The molecular weight excluding hydrogens is 466 g/mol. The molecule has 1 fully saturated rings. The van der Waals surface area contributed by atoms with Gasteiger partial charge in [0.1, 0.15) is 5.82 Å². The number of imidazole rings is 1. The van der Waals surface area contributed by atoms with E-state index >= 15 is 0 Å². The third-order valence-electron chi connectivity index (χ3n) is 6.36. The summed E-state index contributed by atoms with van der Waals surface area (Å²) in [6, 6.07) is 12.3. The number of benzene rings is 2. The lowest BCUT2D eigenvalue weighted by molar-refractivity contribution is -0.121. The van der Waals surface area contributed by atoms with E-state index in [0.29, 0.717) is 29.9 Å². The van der Waals surface area contributed by atoms with E-state index in [2.05, 4.69) is 10.3 Å². The average molecular weight is 498 g/mol. The van der Waals surface area contributed by atoms with Crippen LogP contribution in [0, 0.1) is 0 Å². The maximum absolute atomic E-state index is 12.6. The molecule has 2 amide bonds. The summed E-state index contributed by atoms with van der Waals surface area (Å²) in [5, 5.41) is 2.91.